The molecule has 0 saturated carbocycles. The molecule has 0 aliphatic carbocycles. The number of hydrogen-bond acceptors (Lipinski definition) is 7. The highest BCUT2D eigenvalue weighted by Crippen LogP contribution is 2.64. The lowest BCUT2D eigenvalue weighted by atomic mass is 9.59. The van der Waals surface area contributed by atoms with Crippen molar-refractivity contribution < 1.29 is 18.8 Å². The van der Waals surface area contributed by atoms with Crippen LogP contribution in [0, 0.1) is 15.5 Å². The van der Waals surface area contributed by atoms with E-state index in [1.54, 1.807) is 18.2 Å². The second kappa shape index (κ2) is 9.07. The number of alkyl halides is 1. The molecule has 2 aliphatic rings. The Morgan fingerprint density at radius 3 is 2.66 bits per heavy atom. The van der Waals surface area contributed by atoms with Crippen LogP contribution in [-0.4, -0.2) is 16.9 Å². The molecular formula is C32H25BrN2O6. The van der Waals surface area contributed by atoms with E-state index < -0.39 is 27.6 Å². The van der Waals surface area contributed by atoms with Gasteiger partial charge < -0.3 is 19.2 Å². The molecule has 4 aromatic carbocycles. The van der Waals surface area contributed by atoms with Gasteiger partial charge in [-0.05, 0) is 52.7 Å². The summed E-state index contributed by atoms with van der Waals surface area (Å²) in [5.41, 5.74) is 0.807. The number of ether oxygens (including phenoxy) is 2. The first-order valence-electron chi connectivity index (χ1n) is 13.3. The summed E-state index contributed by atoms with van der Waals surface area (Å²) >= 11 is 3.41. The lowest BCUT2D eigenvalue weighted by Gasteiger charge is -2.58. The van der Waals surface area contributed by atoms with Gasteiger partial charge >= 0.3 is 5.63 Å². The Balaban J connectivity index is 1.59. The third-order valence-corrected chi connectivity index (χ3v) is 8.74. The summed E-state index contributed by atoms with van der Waals surface area (Å²) in [4.78, 5) is 25.1. The van der Waals surface area contributed by atoms with Crippen molar-refractivity contribution in [1.29, 1.82) is 0 Å². The van der Waals surface area contributed by atoms with Crippen LogP contribution in [0.5, 0.6) is 11.5 Å². The summed E-state index contributed by atoms with van der Waals surface area (Å²) in [6.07, 6.45) is 0. The first kappa shape index (κ1) is 25.6. The lowest BCUT2D eigenvalue weighted by Crippen LogP contribution is -2.61. The summed E-state index contributed by atoms with van der Waals surface area (Å²) < 4.78 is 18.9. The van der Waals surface area contributed by atoms with Crippen molar-refractivity contribution in [3.05, 3.63) is 116 Å². The van der Waals surface area contributed by atoms with E-state index in [1.165, 1.54) is 6.07 Å². The van der Waals surface area contributed by atoms with E-state index >= 15 is 0 Å². The van der Waals surface area contributed by atoms with Crippen LogP contribution >= 0.6 is 15.9 Å². The van der Waals surface area contributed by atoms with E-state index in [0.29, 0.717) is 45.4 Å². The number of nitro benzene ring substituents is 1. The minimum atomic E-state index is -1.21. The van der Waals surface area contributed by atoms with Gasteiger partial charge in [-0.25, -0.2) is 4.79 Å². The third kappa shape index (κ3) is 3.61. The SMILES string of the molecule is CC1(C)[C@@H]2c3cc(OCCBr)ccc3NC1(c1cccc3ccc([N+](=O)[O-])cc13)Oc1c2c(=O)oc2ccccc12. The van der Waals surface area contributed by atoms with Crippen LogP contribution < -0.4 is 20.4 Å². The average molecular weight is 613 g/mol. The van der Waals surface area contributed by atoms with Gasteiger partial charge in [-0.3, -0.25) is 10.1 Å². The molecule has 5 aromatic rings. The van der Waals surface area contributed by atoms with Crippen LogP contribution in [0.4, 0.5) is 11.4 Å². The van der Waals surface area contributed by atoms with Crippen molar-refractivity contribution in [3.8, 4) is 11.5 Å². The van der Waals surface area contributed by atoms with Gasteiger partial charge in [0.15, 0.2) is 0 Å². The Bertz CT molecular complexity index is 1950. The largest absolute Gasteiger partial charge is 0.493 e. The van der Waals surface area contributed by atoms with Gasteiger partial charge in [0, 0.05) is 40.0 Å². The Kier molecular flexibility index (Phi) is 5.66. The highest BCUT2D eigenvalue weighted by atomic mass is 79.9. The number of nitro groups is 1. The summed E-state index contributed by atoms with van der Waals surface area (Å²) in [5, 5.41) is 18.4. The molecule has 206 valence electrons. The van der Waals surface area contributed by atoms with Gasteiger partial charge in [0.25, 0.3) is 5.69 Å². The topological polar surface area (TPSA) is 104 Å². The fraction of sp³-hybridized carbons (Fsp3) is 0.219. The number of nitrogens with one attached hydrogen (secondary N) is 1. The molecule has 1 N–H and O–H groups in total. The summed E-state index contributed by atoms with van der Waals surface area (Å²) in [6, 6.07) is 23.7. The number of halogens is 1. The summed E-state index contributed by atoms with van der Waals surface area (Å²) in [6.45, 7) is 4.59. The van der Waals surface area contributed by atoms with Crippen LogP contribution in [0.3, 0.4) is 0 Å². The Morgan fingerprint density at radius 1 is 1.02 bits per heavy atom. The minimum absolute atomic E-state index is 0.0113. The zero-order valence-corrected chi connectivity index (χ0v) is 23.9. The number of rotatable bonds is 5. The first-order chi connectivity index (χ1) is 19.7. The van der Waals surface area contributed by atoms with Crippen LogP contribution in [0.1, 0.15) is 36.5 Å². The van der Waals surface area contributed by atoms with Crippen molar-refractivity contribution in [2.45, 2.75) is 25.5 Å². The summed E-state index contributed by atoms with van der Waals surface area (Å²) in [7, 11) is 0. The van der Waals surface area contributed by atoms with Crippen molar-refractivity contribution in [3.63, 3.8) is 0 Å². The third-order valence-electron chi connectivity index (χ3n) is 8.42. The number of para-hydroxylation sites is 1. The molecule has 41 heavy (non-hydrogen) atoms. The van der Waals surface area contributed by atoms with E-state index in [4.69, 9.17) is 13.9 Å². The second-order valence-corrected chi connectivity index (χ2v) is 11.7. The Labute approximate surface area is 243 Å². The number of fused-ring (bicyclic) bond motifs is 9. The van der Waals surface area contributed by atoms with Gasteiger partial charge in [-0.15, -0.1) is 0 Å². The van der Waals surface area contributed by atoms with Gasteiger partial charge in [0.2, 0.25) is 5.72 Å². The van der Waals surface area contributed by atoms with Crippen molar-refractivity contribution in [2.24, 2.45) is 5.41 Å². The monoisotopic (exact) mass is 612 g/mol. The molecule has 0 amide bonds. The zero-order chi connectivity index (χ0) is 28.5. The highest BCUT2D eigenvalue weighted by molar-refractivity contribution is 9.09. The average Bonchev–Trinajstić information content (AvgIpc) is 2.95. The fourth-order valence-electron chi connectivity index (χ4n) is 6.55. The molecule has 2 bridgehead atoms. The predicted octanol–water partition coefficient (Wildman–Crippen LogP) is 7.46. The van der Waals surface area contributed by atoms with Crippen LogP contribution in [0.25, 0.3) is 21.7 Å². The van der Waals surface area contributed by atoms with Gasteiger partial charge in [0.1, 0.15) is 17.1 Å². The molecular weight excluding hydrogens is 588 g/mol. The maximum atomic E-state index is 13.7. The molecule has 8 nitrogen and oxygen atoms in total. The lowest BCUT2D eigenvalue weighted by molar-refractivity contribution is -0.384. The van der Waals surface area contributed by atoms with E-state index in [1.807, 2.05) is 68.4 Å². The Morgan fingerprint density at radius 2 is 1.85 bits per heavy atom. The molecule has 0 spiro atoms. The van der Waals surface area contributed by atoms with Gasteiger partial charge in [-0.1, -0.05) is 60.1 Å². The maximum Gasteiger partial charge on any atom is 0.343 e. The molecule has 7 rings (SSSR count). The van der Waals surface area contributed by atoms with Gasteiger partial charge in [0.05, 0.1) is 22.5 Å². The van der Waals surface area contributed by atoms with Crippen molar-refractivity contribution in [1.82, 2.24) is 0 Å². The quantitative estimate of drug-likeness (QED) is 0.0950. The Hall–Kier alpha value is -4.37. The number of hydrogen-bond donors (Lipinski definition) is 1. The molecule has 1 unspecified atom stereocenters. The highest BCUT2D eigenvalue weighted by Gasteiger charge is 2.62. The molecule has 2 aliphatic heterocycles. The molecule has 9 heteroatoms. The van der Waals surface area contributed by atoms with Gasteiger partial charge in [-0.2, -0.15) is 0 Å². The smallest absolute Gasteiger partial charge is 0.343 e. The number of nitrogens with zero attached hydrogens (tertiary/aromatic N) is 1. The van der Waals surface area contributed by atoms with Crippen LogP contribution in [0.15, 0.2) is 88.1 Å². The predicted molar refractivity (Wildman–Crippen MR) is 160 cm³/mol. The fourth-order valence-corrected chi connectivity index (χ4v) is 6.72. The molecule has 3 heterocycles. The number of non-ortho nitro benzene ring substituents is 1. The van der Waals surface area contributed by atoms with E-state index in [0.717, 1.165) is 22.2 Å². The van der Waals surface area contributed by atoms with Crippen LogP contribution in [0.2, 0.25) is 0 Å². The van der Waals surface area contributed by atoms with Crippen molar-refractivity contribution in [2.75, 3.05) is 17.3 Å². The number of anilines is 1. The molecule has 0 fully saturated rings. The first-order valence-corrected chi connectivity index (χ1v) is 14.4. The maximum absolute atomic E-state index is 13.7. The standard InChI is InChI=1S/C32H25BrN2O6/c1-31(2)28-23-17-20(39-15-14-33)12-13-25(23)34-32(31,24-8-5-6-18-10-11-19(35(37)38)16-22(18)24)41-29-21-7-3-4-9-26(21)40-30(36)27(28)29/h3-13,16-17,28,34H,14-15H2,1-2H3/t28-,32?/m1/s1. The normalized spacial score (nSPS) is 20.0. The molecule has 0 radical (unpaired) electrons. The minimum Gasteiger partial charge on any atom is -0.493 e. The van der Waals surface area contributed by atoms with E-state index in [9.17, 15) is 14.9 Å². The zero-order valence-electron chi connectivity index (χ0n) is 22.3. The van der Waals surface area contributed by atoms with E-state index in [-0.39, 0.29) is 5.69 Å². The molecule has 0 saturated heterocycles. The number of benzene rings is 4. The second-order valence-electron chi connectivity index (χ2n) is 10.9. The van der Waals surface area contributed by atoms with Crippen molar-refractivity contribution >= 4 is 49.0 Å². The summed E-state index contributed by atoms with van der Waals surface area (Å²) in [5.74, 6) is 0.672. The van der Waals surface area contributed by atoms with E-state index in [2.05, 4.69) is 21.2 Å². The molecule has 1 aromatic heterocycles. The molecule has 2 atom stereocenters. The van der Waals surface area contributed by atoms with Crippen LogP contribution in [-0.2, 0) is 5.72 Å².